The molecule has 0 aliphatic rings. The Morgan fingerprint density at radius 1 is 1.26 bits per heavy atom. The average molecular weight is 339 g/mol. The summed E-state index contributed by atoms with van der Waals surface area (Å²) in [5.41, 5.74) is 5.20. The maximum Gasteiger partial charge on any atom is 0.339 e. The number of nitrogens with one attached hydrogen (secondary N) is 3. The lowest BCUT2D eigenvalue weighted by Crippen LogP contribution is -2.45. The van der Waals surface area contributed by atoms with Crippen LogP contribution in [0.15, 0.2) is 28.8 Å². The van der Waals surface area contributed by atoms with E-state index >= 15 is 0 Å². The van der Waals surface area contributed by atoms with Crippen molar-refractivity contribution in [1.29, 1.82) is 0 Å². The van der Waals surface area contributed by atoms with Gasteiger partial charge < -0.3 is 9.26 Å². The van der Waals surface area contributed by atoms with E-state index in [1.54, 1.807) is 25.1 Å². The van der Waals surface area contributed by atoms with E-state index in [1.165, 1.54) is 6.07 Å². The van der Waals surface area contributed by atoms with Crippen LogP contribution >= 0.6 is 11.6 Å². The number of hydrazine groups is 1. The fourth-order valence-corrected chi connectivity index (χ4v) is 1.71. The molecule has 3 N–H and O–H groups in total. The minimum absolute atomic E-state index is 0.238. The number of anilines is 1. The molecular formula is C14H15ClN4O4. The summed E-state index contributed by atoms with van der Waals surface area (Å²) in [4.78, 5) is 23.1. The summed E-state index contributed by atoms with van der Waals surface area (Å²) < 4.78 is 10.1. The molecule has 3 amide bonds. The minimum atomic E-state index is -0.658. The lowest BCUT2D eigenvalue weighted by molar-refractivity contribution is -0.123. The molecular weight excluding hydrogens is 324 g/mol. The zero-order valence-corrected chi connectivity index (χ0v) is 13.2. The summed E-state index contributed by atoms with van der Waals surface area (Å²) >= 11 is 5.89. The van der Waals surface area contributed by atoms with Crippen LogP contribution in [0.1, 0.15) is 11.3 Å². The van der Waals surface area contributed by atoms with Crippen molar-refractivity contribution >= 4 is 29.4 Å². The number of carbonyl (C=O) groups is 2. The monoisotopic (exact) mass is 338 g/mol. The normalized spacial score (nSPS) is 10.0. The van der Waals surface area contributed by atoms with Crippen LogP contribution in [0.3, 0.4) is 0 Å². The topological polar surface area (TPSA) is 105 Å². The number of carbonyl (C=O) groups excluding carboxylic acids is 2. The molecule has 122 valence electrons. The number of hydrogen-bond donors (Lipinski definition) is 3. The molecule has 0 unspecified atom stereocenters. The third-order valence-electron chi connectivity index (χ3n) is 2.68. The smallest absolute Gasteiger partial charge is 0.339 e. The predicted molar refractivity (Wildman–Crippen MR) is 83.2 cm³/mol. The molecule has 1 aromatic carbocycles. The fourth-order valence-electron chi connectivity index (χ4n) is 1.59. The summed E-state index contributed by atoms with van der Waals surface area (Å²) in [5.74, 6) is 0.770. The Bertz CT molecular complexity index is 717. The van der Waals surface area contributed by atoms with Gasteiger partial charge in [-0.25, -0.2) is 10.2 Å². The van der Waals surface area contributed by atoms with Gasteiger partial charge in [-0.1, -0.05) is 16.8 Å². The number of aromatic nitrogens is 1. The van der Waals surface area contributed by atoms with Crippen molar-refractivity contribution in [3.63, 3.8) is 0 Å². The van der Waals surface area contributed by atoms with Gasteiger partial charge in [0.25, 0.3) is 5.91 Å². The van der Waals surface area contributed by atoms with Crippen LogP contribution in [0.4, 0.5) is 10.6 Å². The van der Waals surface area contributed by atoms with Gasteiger partial charge in [0, 0.05) is 11.1 Å². The van der Waals surface area contributed by atoms with Crippen molar-refractivity contribution < 1.29 is 18.8 Å². The third kappa shape index (κ3) is 5.19. The van der Waals surface area contributed by atoms with E-state index in [0.717, 1.165) is 5.56 Å². The SMILES string of the molecule is Cc1cc(NC(=O)NNC(=O)COc2ccc(Cl)c(C)c2)no1. The molecule has 0 bridgehead atoms. The standard InChI is InChI=1S/C14H15ClN4O4/c1-8-5-10(3-4-11(8)15)22-7-13(20)17-18-14(21)16-12-6-9(2)23-19-12/h3-6H,7H2,1-2H3,(H,17,20)(H2,16,18,19,21). The van der Waals surface area contributed by atoms with E-state index in [9.17, 15) is 9.59 Å². The minimum Gasteiger partial charge on any atom is -0.484 e. The number of amides is 3. The van der Waals surface area contributed by atoms with Gasteiger partial charge in [0.2, 0.25) is 0 Å². The molecule has 23 heavy (non-hydrogen) atoms. The number of hydrogen-bond acceptors (Lipinski definition) is 5. The van der Waals surface area contributed by atoms with E-state index in [0.29, 0.717) is 16.5 Å². The van der Waals surface area contributed by atoms with E-state index < -0.39 is 11.9 Å². The maximum atomic E-state index is 11.6. The summed E-state index contributed by atoms with van der Waals surface area (Å²) in [6.07, 6.45) is 0. The molecule has 0 aliphatic carbocycles. The van der Waals surface area contributed by atoms with Gasteiger partial charge in [0.1, 0.15) is 11.5 Å². The molecule has 0 fully saturated rings. The number of nitrogens with zero attached hydrogens (tertiary/aromatic N) is 1. The van der Waals surface area contributed by atoms with Crippen LogP contribution in [0.25, 0.3) is 0 Å². The predicted octanol–water partition coefficient (Wildman–Crippen LogP) is 2.18. The van der Waals surface area contributed by atoms with Crippen LogP contribution in [-0.2, 0) is 4.79 Å². The van der Waals surface area contributed by atoms with Crippen molar-refractivity contribution in [2.75, 3.05) is 11.9 Å². The van der Waals surface area contributed by atoms with Gasteiger partial charge in [-0.15, -0.1) is 0 Å². The van der Waals surface area contributed by atoms with Gasteiger partial charge in [0.05, 0.1) is 0 Å². The largest absolute Gasteiger partial charge is 0.484 e. The van der Waals surface area contributed by atoms with Crippen LogP contribution in [-0.4, -0.2) is 23.7 Å². The summed E-state index contributed by atoms with van der Waals surface area (Å²) in [6, 6.07) is 5.91. The Morgan fingerprint density at radius 2 is 2.04 bits per heavy atom. The third-order valence-corrected chi connectivity index (χ3v) is 3.11. The number of halogens is 1. The second-order valence-electron chi connectivity index (χ2n) is 4.65. The molecule has 2 rings (SSSR count). The zero-order valence-electron chi connectivity index (χ0n) is 12.5. The molecule has 8 nitrogen and oxygen atoms in total. The van der Waals surface area contributed by atoms with Crippen molar-refractivity contribution in [3.8, 4) is 5.75 Å². The molecule has 0 saturated carbocycles. The molecule has 0 spiro atoms. The van der Waals surface area contributed by atoms with E-state index in [-0.39, 0.29) is 12.4 Å². The average Bonchev–Trinajstić information content (AvgIpc) is 2.91. The Hall–Kier alpha value is -2.74. The lowest BCUT2D eigenvalue weighted by atomic mass is 10.2. The first kappa shape index (κ1) is 16.6. The van der Waals surface area contributed by atoms with Crippen molar-refractivity contribution in [3.05, 3.63) is 40.6 Å². The molecule has 9 heteroatoms. The number of urea groups is 1. The molecule has 1 heterocycles. The molecule has 0 aliphatic heterocycles. The van der Waals surface area contributed by atoms with Crippen LogP contribution in [0.5, 0.6) is 5.75 Å². The van der Waals surface area contributed by atoms with Crippen LogP contribution in [0, 0.1) is 13.8 Å². The first-order chi connectivity index (χ1) is 10.9. The van der Waals surface area contributed by atoms with Crippen molar-refractivity contribution in [1.82, 2.24) is 16.0 Å². The molecule has 1 aromatic heterocycles. The highest BCUT2D eigenvalue weighted by atomic mass is 35.5. The first-order valence-corrected chi connectivity index (χ1v) is 7.00. The van der Waals surface area contributed by atoms with Gasteiger partial charge in [-0.2, -0.15) is 0 Å². The number of ether oxygens (including phenoxy) is 1. The molecule has 0 radical (unpaired) electrons. The van der Waals surface area contributed by atoms with Crippen LogP contribution < -0.4 is 20.9 Å². The summed E-state index contributed by atoms with van der Waals surface area (Å²) in [7, 11) is 0. The van der Waals surface area contributed by atoms with Crippen molar-refractivity contribution in [2.24, 2.45) is 0 Å². The zero-order chi connectivity index (χ0) is 16.8. The second kappa shape index (κ2) is 7.50. The maximum absolute atomic E-state index is 11.6. The Kier molecular flexibility index (Phi) is 5.42. The number of rotatable bonds is 4. The van der Waals surface area contributed by atoms with Gasteiger partial charge in [-0.05, 0) is 37.6 Å². The molecule has 0 saturated heterocycles. The summed E-state index contributed by atoms with van der Waals surface area (Å²) in [6.45, 7) is 3.25. The second-order valence-corrected chi connectivity index (χ2v) is 5.06. The molecule has 0 atom stereocenters. The molecule has 2 aromatic rings. The summed E-state index contributed by atoms with van der Waals surface area (Å²) in [5, 5.41) is 6.57. The lowest BCUT2D eigenvalue weighted by Gasteiger charge is -2.09. The Labute approximate surface area is 137 Å². The van der Waals surface area contributed by atoms with E-state index in [2.05, 4.69) is 21.3 Å². The van der Waals surface area contributed by atoms with E-state index in [1.807, 2.05) is 6.92 Å². The van der Waals surface area contributed by atoms with Crippen molar-refractivity contribution in [2.45, 2.75) is 13.8 Å². The van der Waals surface area contributed by atoms with Gasteiger partial charge in [-0.3, -0.25) is 15.5 Å². The number of aryl methyl sites for hydroxylation is 2. The highest BCUT2D eigenvalue weighted by molar-refractivity contribution is 6.31. The van der Waals surface area contributed by atoms with Gasteiger partial charge in [0.15, 0.2) is 12.4 Å². The van der Waals surface area contributed by atoms with E-state index in [4.69, 9.17) is 20.9 Å². The van der Waals surface area contributed by atoms with Crippen LogP contribution in [0.2, 0.25) is 5.02 Å². The Balaban J connectivity index is 1.72. The Morgan fingerprint density at radius 3 is 2.70 bits per heavy atom. The highest BCUT2D eigenvalue weighted by Gasteiger charge is 2.08. The highest BCUT2D eigenvalue weighted by Crippen LogP contribution is 2.20. The fraction of sp³-hybridized carbons (Fsp3) is 0.214. The quantitative estimate of drug-likeness (QED) is 0.741. The van der Waals surface area contributed by atoms with Gasteiger partial charge >= 0.3 is 6.03 Å². The number of benzene rings is 1. The first-order valence-electron chi connectivity index (χ1n) is 6.62.